The van der Waals surface area contributed by atoms with Gasteiger partial charge in [-0.15, -0.1) is 11.8 Å². The van der Waals surface area contributed by atoms with Crippen LogP contribution in [0.1, 0.15) is 5.56 Å². The van der Waals surface area contributed by atoms with Crippen LogP contribution in [0.3, 0.4) is 0 Å². The van der Waals surface area contributed by atoms with Gasteiger partial charge in [0.05, 0.1) is 22.8 Å². The number of thioether (sulfide) groups is 1. The molecule has 0 saturated carbocycles. The molecule has 0 aliphatic rings. The van der Waals surface area contributed by atoms with Crippen LogP contribution in [0.2, 0.25) is 0 Å². The normalized spacial score (nSPS) is 11.6. The van der Waals surface area contributed by atoms with E-state index in [1.54, 1.807) is 30.5 Å². The van der Waals surface area contributed by atoms with Crippen molar-refractivity contribution in [2.45, 2.75) is 11.1 Å². The molecule has 0 saturated heterocycles. The average Bonchev–Trinajstić information content (AvgIpc) is 2.52. The molecule has 1 unspecified atom stereocenters. The molecular formula is C15H14N2O2S. The van der Waals surface area contributed by atoms with Crippen molar-refractivity contribution in [2.24, 2.45) is 0 Å². The van der Waals surface area contributed by atoms with E-state index in [9.17, 15) is 5.11 Å². The maximum Gasteiger partial charge on any atom is 0.119 e. The number of ether oxygens (including phenoxy) is 1. The number of pyridine rings is 1. The molecule has 20 heavy (non-hydrogen) atoms. The average molecular weight is 286 g/mol. The highest BCUT2D eigenvalue weighted by molar-refractivity contribution is 7.99. The number of nitrogens with zero attached hydrogens (tertiary/aromatic N) is 2. The van der Waals surface area contributed by atoms with E-state index < -0.39 is 6.10 Å². The summed E-state index contributed by atoms with van der Waals surface area (Å²) >= 11 is 1.49. The molecule has 0 aliphatic heterocycles. The number of aliphatic hydroxyl groups excluding tert-OH is 1. The van der Waals surface area contributed by atoms with Gasteiger partial charge in [0, 0.05) is 11.9 Å². The Hall–Kier alpha value is -2.03. The summed E-state index contributed by atoms with van der Waals surface area (Å²) in [6, 6.07) is 14.5. The van der Waals surface area contributed by atoms with Crippen molar-refractivity contribution in [1.29, 1.82) is 5.26 Å². The lowest BCUT2D eigenvalue weighted by atomic mass is 10.2. The number of hydrogen-bond acceptors (Lipinski definition) is 5. The Bertz CT molecular complexity index is 567. The third-order valence-corrected chi connectivity index (χ3v) is 3.58. The van der Waals surface area contributed by atoms with Crippen LogP contribution < -0.4 is 4.74 Å². The second-order valence-corrected chi connectivity index (χ2v) is 5.12. The fraction of sp³-hybridized carbons (Fsp3) is 0.200. The number of nitriles is 1. The molecule has 1 atom stereocenters. The van der Waals surface area contributed by atoms with Crippen LogP contribution in [-0.2, 0) is 0 Å². The van der Waals surface area contributed by atoms with Crippen LogP contribution in [-0.4, -0.2) is 28.6 Å². The summed E-state index contributed by atoms with van der Waals surface area (Å²) in [5.74, 6) is 1.17. The first kappa shape index (κ1) is 14.4. The first-order chi connectivity index (χ1) is 9.78. The number of hydrogen-bond donors (Lipinski definition) is 1. The second-order valence-electron chi connectivity index (χ2n) is 4.08. The predicted octanol–water partition coefficient (Wildman–Crippen LogP) is 2.49. The summed E-state index contributed by atoms with van der Waals surface area (Å²) in [6.45, 7) is 0.214. The minimum absolute atomic E-state index is 0.214. The molecule has 2 aromatic rings. The van der Waals surface area contributed by atoms with Crippen LogP contribution in [0.15, 0.2) is 53.7 Å². The molecule has 0 bridgehead atoms. The van der Waals surface area contributed by atoms with Gasteiger partial charge in [-0.1, -0.05) is 6.07 Å². The molecule has 1 N–H and O–H groups in total. The molecule has 5 heteroatoms. The van der Waals surface area contributed by atoms with Gasteiger partial charge in [-0.25, -0.2) is 4.98 Å². The van der Waals surface area contributed by atoms with E-state index in [4.69, 9.17) is 10.00 Å². The maximum atomic E-state index is 9.85. The van der Waals surface area contributed by atoms with Crippen molar-refractivity contribution in [3.05, 3.63) is 54.2 Å². The smallest absolute Gasteiger partial charge is 0.119 e. The molecule has 1 aromatic carbocycles. The summed E-state index contributed by atoms with van der Waals surface area (Å²) in [4.78, 5) is 4.17. The fourth-order valence-corrected chi connectivity index (χ4v) is 2.25. The number of aromatic nitrogens is 1. The minimum atomic E-state index is -0.572. The number of benzene rings is 1. The predicted molar refractivity (Wildman–Crippen MR) is 77.6 cm³/mol. The highest BCUT2D eigenvalue weighted by atomic mass is 32.2. The summed E-state index contributed by atoms with van der Waals surface area (Å²) in [6.07, 6.45) is 1.15. The van der Waals surface area contributed by atoms with E-state index in [1.165, 1.54) is 11.8 Å². The molecule has 1 heterocycles. The molecule has 102 valence electrons. The SMILES string of the molecule is N#Cc1ccc(OCC(O)CSc2ccccn2)cc1. The van der Waals surface area contributed by atoms with Crippen LogP contribution >= 0.6 is 11.8 Å². The Balaban J connectivity index is 1.74. The van der Waals surface area contributed by atoms with E-state index in [1.807, 2.05) is 24.3 Å². The van der Waals surface area contributed by atoms with Gasteiger partial charge in [-0.2, -0.15) is 5.26 Å². The van der Waals surface area contributed by atoms with Gasteiger partial charge in [0.15, 0.2) is 0 Å². The lowest BCUT2D eigenvalue weighted by molar-refractivity contribution is 0.126. The maximum absolute atomic E-state index is 9.85. The highest BCUT2D eigenvalue weighted by Gasteiger charge is 2.07. The summed E-state index contributed by atoms with van der Waals surface area (Å²) in [7, 11) is 0. The lowest BCUT2D eigenvalue weighted by Gasteiger charge is -2.11. The Morgan fingerprint density at radius 1 is 1.25 bits per heavy atom. The molecule has 0 fully saturated rings. The van der Waals surface area contributed by atoms with Gasteiger partial charge >= 0.3 is 0 Å². The minimum Gasteiger partial charge on any atom is -0.491 e. The summed E-state index contributed by atoms with van der Waals surface area (Å²) in [5.41, 5.74) is 0.587. The largest absolute Gasteiger partial charge is 0.491 e. The zero-order valence-corrected chi connectivity index (χ0v) is 11.6. The Morgan fingerprint density at radius 2 is 2.05 bits per heavy atom. The van der Waals surface area contributed by atoms with Gasteiger partial charge in [0.2, 0.25) is 0 Å². The highest BCUT2D eigenvalue weighted by Crippen LogP contribution is 2.16. The van der Waals surface area contributed by atoms with Gasteiger partial charge in [-0.05, 0) is 36.4 Å². The molecule has 0 spiro atoms. The molecule has 0 radical (unpaired) electrons. The Labute approximate surface area is 122 Å². The van der Waals surface area contributed by atoms with Crippen LogP contribution in [0.5, 0.6) is 5.75 Å². The van der Waals surface area contributed by atoms with Gasteiger partial charge < -0.3 is 9.84 Å². The van der Waals surface area contributed by atoms with Gasteiger partial charge in [-0.3, -0.25) is 0 Å². The Kier molecular flexibility index (Phi) is 5.42. The molecule has 0 aliphatic carbocycles. The van der Waals surface area contributed by atoms with E-state index in [0.29, 0.717) is 17.1 Å². The van der Waals surface area contributed by atoms with Crippen LogP contribution in [0, 0.1) is 11.3 Å². The number of rotatable bonds is 6. The quantitative estimate of drug-likeness (QED) is 0.826. The topological polar surface area (TPSA) is 66.1 Å². The van der Waals surface area contributed by atoms with Crippen LogP contribution in [0.25, 0.3) is 0 Å². The molecule has 0 amide bonds. The van der Waals surface area contributed by atoms with Crippen molar-refractivity contribution in [1.82, 2.24) is 4.98 Å². The van der Waals surface area contributed by atoms with Crippen LogP contribution in [0.4, 0.5) is 0 Å². The van der Waals surface area contributed by atoms with Crippen molar-refractivity contribution < 1.29 is 9.84 Å². The van der Waals surface area contributed by atoms with Crippen molar-refractivity contribution in [3.8, 4) is 11.8 Å². The molecular weight excluding hydrogens is 272 g/mol. The van der Waals surface area contributed by atoms with E-state index in [0.717, 1.165) is 5.03 Å². The summed E-state index contributed by atoms with van der Waals surface area (Å²) in [5, 5.41) is 19.4. The third-order valence-electron chi connectivity index (χ3n) is 2.49. The monoisotopic (exact) mass is 286 g/mol. The Morgan fingerprint density at radius 3 is 2.70 bits per heavy atom. The standard InChI is InChI=1S/C15H14N2O2S/c16-9-12-4-6-14(7-5-12)19-10-13(18)11-20-15-3-1-2-8-17-15/h1-8,13,18H,10-11H2. The van der Waals surface area contributed by atoms with Crippen molar-refractivity contribution in [2.75, 3.05) is 12.4 Å². The summed E-state index contributed by atoms with van der Waals surface area (Å²) < 4.78 is 5.46. The van der Waals surface area contributed by atoms with E-state index in [-0.39, 0.29) is 6.61 Å². The van der Waals surface area contributed by atoms with Crippen molar-refractivity contribution >= 4 is 11.8 Å². The van der Waals surface area contributed by atoms with Gasteiger partial charge in [0.25, 0.3) is 0 Å². The van der Waals surface area contributed by atoms with E-state index >= 15 is 0 Å². The zero-order chi connectivity index (χ0) is 14.2. The zero-order valence-electron chi connectivity index (χ0n) is 10.8. The molecule has 1 aromatic heterocycles. The van der Waals surface area contributed by atoms with E-state index in [2.05, 4.69) is 4.98 Å². The van der Waals surface area contributed by atoms with Gasteiger partial charge in [0.1, 0.15) is 12.4 Å². The first-order valence-electron chi connectivity index (χ1n) is 6.13. The third kappa shape index (κ3) is 4.57. The molecule has 2 rings (SSSR count). The molecule has 4 nitrogen and oxygen atoms in total. The first-order valence-corrected chi connectivity index (χ1v) is 7.11. The number of aliphatic hydroxyl groups is 1. The fourth-order valence-electron chi connectivity index (χ4n) is 1.48. The van der Waals surface area contributed by atoms with Crippen molar-refractivity contribution in [3.63, 3.8) is 0 Å². The second kappa shape index (κ2) is 7.53. The lowest BCUT2D eigenvalue weighted by Crippen LogP contribution is -2.20.